The van der Waals surface area contributed by atoms with Crippen molar-refractivity contribution in [3.63, 3.8) is 0 Å². The molecule has 0 radical (unpaired) electrons. The molecule has 3 rings (SSSR count). The maximum atomic E-state index is 5.96. The molecule has 1 saturated carbocycles. The fourth-order valence-electron chi connectivity index (χ4n) is 3.41. The Kier molecular flexibility index (Phi) is 3.91. The average molecular weight is 264 g/mol. The van der Waals surface area contributed by atoms with Gasteiger partial charge in [-0.1, -0.05) is 0 Å². The normalized spacial score (nSPS) is 27.7. The zero-order valence-corrected chi connectivity index (χ0v) is 11.9. The summed E-state index contributed by atoms with van der Waals surface area (Å²) in [4.78, 5) is 2.54. The van der Waals surface area contributed by atoms with Crippen LogP contribution in [0.3, 0.4) is 0 Å². The third-order valence-electron chi connectivity index (χ3n) is 4.37. The second-order valence-electron chi connectivity index (χ2n) is 5.73. The molecule has 0 spiro atoms. The largest absolute Gasteiger partial charge is 0.463 e. The third-order valence-corrected chi connectivity index (χ3v) is 4.37. The monoisotopic (exact) mass is 264 g/mol. The van der Waals surface area contributed by atoms with Crippen molar-refractivity contribution in [3.05, 3.63) is 23.2 Å². The van der Waals surface area contributed by atoms with E-state index in [4.69, 9.17) is 9.15 Å². The van der Waals surface area contributed by atoms with Gasteiger partial charge in [0.2, 0.25) is 0 Å². The first kappa shape index (κ1) is 13.2. The van der Waals surface area contributed by atoms with Crippen LogP contribution in [0.25, 0.3) is 0 Å². The summed E-state index contributed by atoms with van der Waals surface area (Å²) in [6, 6.07) is 2.79. The van der Waals surface area contributed by atoms with E-state index in [-0.39, 0.29) is 0 Å². The number of ether oxygens (including phenoxy) is 1. The van der Waals surface area contributed by atoms with Crippen LogP contribution in [0.2, 0.25) is 0 Å². The number of hydrogen-bond donors (Lipinski definition) is 1. The Morgan fingerprint density at radius 2 is 2.32 bits per heavy atom. The van der Waals surface area contributed by atoms with Crippen LogP contribution < -0.4 is 5.32 Å². The van der Waals surface area contributed by atoms with Crippen LogP contribution in [0.4, 0.5) is 0 Å². The van der Waals surface area contributed by atoms with E-state index in [2.05, 4.69) is 23.2 Å². The molecular weight excluding hydrogens is 240 g/mol. The molecule has 1 aromatic heterocycles. The van der Waals surface area contributed by atoms with E-state index in [9.17, 15) is 0 Å². The lowest BCUT2D eigenvalue weighted by Gasteiger charge is -2.37. The fourth-order valence-corrected chi connectivity index (χ4v) is 3.41. The highest BCUT2D eigenvalue weighted by atomic mass is 16.5. The van der Waals surface area contributed by atoms with Gasteiger partial charge in [-0.2, -0.15) is 0 Å². The van der Waals surface area contributed by atoms with E-state index in [0.717, 1.165) is 37.8 Å². The minimum absolute atomic E-state index is 0.460. The van der Waals surface area contributed by atoms with E-state index >= 15 is 0 Å². The van der Waals surface area contributed by atoms with Crippen LogP contribution in [0.1, 0.15) is 36.3 Å². The summed E-state index contributed by atoms with van der Waals surface area (Å²) >= 11 is 0. The zero-order chi connectivity index (χ0) is 13.2. The van der Waals surface area contributed by atoms with Crippen LogP contribution in [0, 0.1) is 6.92 Å². The van der Waals surface area contributed by atoms with Gasteiger partial charge in [0.05, 0.1) is 25.8 Å². The Morgan fingerprint density at radius 3 is 3.16 bits per heavy atom. The van der Waals surface area contributed by atoms with Crippen molar-refractivity contribution in [1.82, 2.24) is 10.2 Å². The van der Waals surface area contributed by atoms with Gasteiger partial charge in [-0.25, -0.2) is 0 Å². The van der Waals surface area contributed by atoms with E-state index in [1.165, 1.54) is 24.8 Å². The van der Waals surface area contributed by atoms with Crippen molar-refractivity contribution in [2.75, 3.05) is 20.2 Å². The van der Waals surface area contributed by atoms with Crippen molar-refractivity contribution in [1.29, 1.82) is 0 Å². The smallest absolute Gasteiger partial charge is 0.120 e. The summed E-state index contributed by atoms with van der Waals surface area (Å²) in [6.07, 6.45) is 4.26. The quantitative estimate of drug-likeness (QED) is 0.903. The van der Waals surface area contributed by atoms with Gasteiger partial charge < -0.3 is 14.5 Å². The highest BCUT2D eigenvalue weighted by molar-refractivity contribution is 5.20. The lowest BCUT2D eigenvalue weighted by molar-refractivity contribution is -0.0607. The molecular formula is C15H24N2O2. The van der Waals surface area contributed by atoms with Crippen molar-refractivity contribution in [2.24, 2.45) is 0 Å². The van der Waals surface area contributed by atoms with E-state index in [1.807, 2.05) is 7.05 Å². The Bertz CT molecular complexity index is 430. The third kappa shape index (κ3) is 2.71. The number of nitrogens with one attached hydrogen (secondary N) is 1. The number of morpholine rings is 1. The molecule has 4 nitrogen and oxygen atoms in total. The molecule has 1 aliphatic carbocycles. The predicted molar refractivity (Wildman–Crippen MR) is 74.0 cm³/mol. The molecule has 19 heavy (non-hydrogen) atoms. The van der Waals surface area contributed by atoms with Crippen molar-refractivity contribution < 1.29 is 9.15 Å². The Balaban J connectivity index is 1.68. The summed E-state index contributed by atoms with van der Waals surface area (Å²) in [5.41, 5.74) is 1.25. The van der Waals surface area contributed by atoms with Crippen LogP contribution >= 0.6 is 0 Å². The lowest BCUT2D eigenvalue weighted by atomic mass is 10.1. The Hall–Kier alpha value is -0.840. The first-order valence-electron chi connectivity index (χ1n) is 7.36. The van der Waals surface area contributed by atoms with Gasteiger partial charge in [0, 0.05) is 12.6 Å². The van der Waals surface area contributed by atoms with Gasteiger partial charge in [0.15, 0.2) is 0 Å². The zero-order valence-electron chi connectivity index (χ0n) is 11.9. The van der Waals surface area contributed by atoms with Gasteiger partial charge in [-0.05, 0) is 44.9 Å². The second kappa shape index (κ2) is 5.65. The second-order valence-corrected chi connectivity index (χ2v) is 5.73. The molecule has 2 unspecified atom stereocenters. The average Bonchev–Trinajstić information content (AvgIpc) is 2.98. The number of aryl methyl sites for hydroxylation is 1. The molecule has 0 aromatic carbocycles. The highest BCUT2D eigenvalue weighted by Gasteiger charge is 2.36. The summed E-state index contributed by atoms with van der Waals surface area (Å²) in [5, 5.41) is 3.15. The molecule has 106 valence electrons. The van der Waals surface area contributed by atoms with Gasteiger partial charge in [0.25, 0.3) is 0 Å². The van der Waals surface area contributed by atoms with E-state index in [0.29, 0.717) is 12.1 Å². The summed E-state index contributed by atoms with van der Waals surface area (Å²) in [7, 11) is 1.95. The molecule has 1 N–H and O–H groups in total. The topological polar surface area (TPSA) is 37.6 Å². The van der Waals surface area contributed by atoms with Gasteiger partial charge >= 0.3 is 0 Å². The molecule has 2 aliphatic rings. The minimum atomic E-state index is 0.460. The first-order valence-corrected chi connectivity index (χ1v) is 7.36. The molecule has 2 heterocycles. The van der Waals surface area contributed by atoms with E-state index in [1.54, 1.807) is 0 Å². The van der Waals surface area contributed by atoms with Crippen LogP contribution in [0.15, 0.2) is 10.5 Å². The lowest BCUT2D eigenvalue weighted by Crippen LogP contribution is -2.47. The Morgan fingerprint density at radius 1 is 1.42 bits per heavy atom. The molecule has 1 aromatic rings. The summed E-state index contributed by atoms with van der Waals surface area (Å²) < 4.78 is 11.8. The molecule has 1 saturated heterocycles. The predicted octanol–water partition coefficient (Wildman–Crippen LogP) is 2.06. The van der Waals surface area contributed by atoms with Crippen LogP contribution in [0.5, 0.6) is 0 Å². The maximum Gasteiger partial charge on any atom is 0.120 e. The van der Waals surface area contributed by atoms with Crippen molar-refractivity contribution in [2.45, 2.75) is 51.4 Å². The van der Waals surface area contributed by atoms with E-state index < -0.39 is 0 Å². The maximum absolute atomic E-state index is 5.96. The number of nitrogens with zero attached hydrogens (tertiary/aromatic N) is 1. The molecule has 0 bridgehead atoms. The number of rotatable bonds is 4. The minimum Gasteiger partial charge on any atom is -0.463 e. The van der Waals surface area contributed by atoms with Crippen LogP contribution in [-0.2, 0) is 17.8 Å². The molecule has 1 aliphatic heterocycles. The number of hydrogen-bond acceptors (Lipinski definition) is 4. The summed E-state index contributed by atoms with van der Waals surface area (Å²) in [6.45, 7) is 5.75. The fraction of sp³-hybridized carbons (Fsp3) is 0.733. The highest BCUT2D eigenvalue weighted by Crippen LogP contribution is 2.31. The standard InChI is InChI=1S/C15H24N2O2/c1-11-8-12(19-15(11)9-16-2)10-17-6-7-18-14-5-3-4-13(14)17/h8,13-14,16H,3-7,9-10H2,1-2H3. The molecule has 4 heteroatoms. The molecule has 2 atom stereocenters. The first-order chi connectivity index (χ1) is 9.28. The van der Waals surface area contributed by atoms with Gasteiger partial charge in [-0.15, -0.1) is 0 Å². The van der Waals surface area contributed by atoms with Crippen LogP contribution in [-0.4, -0.2) is 37.2 Å². The molecule has 0 amide bonds. The number of fused-ring (bicyclic) bond motifs is 1. The van der Waals surface area contributed by atoms with Gasteiger partial charge in [-0.3, -0.25) is 4.90 Å². The van der Waals surface area contributed by atoms with Crippen molar-refractivity contribution >= 4 is 0 Å². The number of furan rings is 1. The van der Waals surface area contributed by atoms with Gasteiger partial charge in [0.1, 0.15) is 11.5 Å². The SMILES string of the molecule is CNCc1oc(CN2CCOC3CCCC32)cc1C. The van der Waals surface area contributed by atoms with Crippen molar-refractivity contribution in [3.8, 4) is 0 Å². The summed E-state index contributed by atoms with van der Waals surface area (Å²) in [5.74, 6) is 2.16. The molecule has 2 fully saturated rings. The Labute approximate surface area is 115 Å².